The van der Waals surface area contributed by atoms with E-state index in [1.165, 1.54) is 14.2 Å². The van der Waals surface area contributed by atoms with Gasteiger partial charge in [-0.2, -0.15) is 0 Å². The van der Waals surface area contributed by atoms with E-state index in [2.05, 4.69) is 41.2 Å². The molecule has 1 atom stereocenters. The Hall–Kier alpha value is -0.580. The van der Waals surface area contributed by atoms with Crippen LogP contribution in [0.5, 0.6) is 0 Å². The van der Waals surface area contributed by atoms with Crippen LogP contribution in [0.1, 0.15) is 35.6 Å². The van der Waals surface area contributed by atoms with Crippen molar-refractivity contribution in [2.24, 2.45) is 0 Å². The molecule has 0 aromatic carbocycles. The first-order valence-electron chi connectivity index (χ1n) is 6.22. The second-order valence-corrected chi connectivity index (χ2v) is 6.80. The zero-order chi connectivity index (χ0) is 13.0. The minimum absolute atomic E-state index is 0.339. The molecule has 0 fully saturated rings. The Kier molecular flexibility index (Phi) is 5.03. The van der Waals surface area contributed by atoms with Gasteiger partial charge >= 0.3 is 0 Å². The maximum atomic E-state index is 5.46. The summed E-state index contributed by atoms with van der Waals surface area (Å²) in [5.41, 5.74) is 1.30. The van der Waals surface area contributed by atoms with Crippen LogP contribution in [-0.2, 0) is 6.42 Å². The van der Waals surface area contributed by atoms with Gasteiger partial charge in [-0.3, -0.25) is 0 Å². The van der Waals surface area contributed by atoms with Gasteiger partial charge in [0.15, 0.2) is 0 Å². The van der Waals surface area contributed by atoms with Crippen molar-refractivity contribution in [1.29, 1.82) is 0 Å². The first kappa shape index (κ1) is 13.8. The molecule has 2 aromatic rings. The smallest absolute Gasteiger partial charge is 0.105 e. The predicted molar refractivity (Wildman–Crippen MR) is 80.2 cm³/mol. The molecule has 0 aliphatic carbocycles. The van der Waals surface area contributed by atoms with Crippen LogP contribution in [-0.4, -0.2) is 6.54 Å². The highest BCUT2D eigenvalue weighted by Crippen LogP contribution is 2.32. The van der Waals surface area contributed by atoms with Crippen LogP contribution in [0.3, 0.4) is 0 Å². The molecule has 98 valence electrons. The lowest BCUT2D eigenvalue weighted by Crippen LogP contribution is -2.23. The third kappa shape index (κ3) is 3.46. The summed E-state index contributed by atoms with van der Waals surface area (Å²) in [6, 6.07) is 6.58. The van der Waals surface area contributed by atoms with Crippen molar-refractivity contribution < 1.29 is 4.42 Å². The maximum Gasteiger partial charge on any atom is 0.105 e. The van der Waals surface area contributed by atoms with Crippen LogP contribution in [0.4, 0.5) is 0 Å². The molecule has 4 heteroatoms. The summed E-state index contributed by atoms with van der Waals surface area (Å²) in [4.78, 5) is 1.37. The van der Waals surface area contributed by atoms with Crippen molar-refractivity contribution in [3.63, 3.8) is 0 Å². The molecule has 0 aliphatic heterocycles. The van der Waals surface area contributed by atoms with E-state index in [4.69, 9.17) is 4.42 Å². The number of hydrogen-bond acceptors (Lipinski definition) is 3. The monoisotopic (exact) mass is 327 g/mol. The highest BCUT2D eigenvalue weighted by atomic mass is 79.9. The summed E-state index contributed by atoms with van der Waals surface area (Å²) in [7, 11) is 0. The van der Waals surface area contributed by atoms with E-state index >= 15 is 0 Å². The van der Waals surface area contributed by atoms with Gasteiger partial charge in [0, 0.05) is 17.3 Å². The Morgan fingerprint density at radius 3 is 2.89 bits per heavy atom. The van der Waals surface area contributed by atoms with Gasteiger partial charge in [0.1, 0.15) is 5.76 Å². The zero-order valence-corrected chi connectivity index (χ0v) is 13.1. The van der Waals surface area contributed by atoms with E-state index in [-0.39, 0.29) is 0 Å². The van der Waals surface area contributed by atoms with E-state index in [1.807, 2.05) is 23.5 Å². The van der Waals surface area contributed by atoms with E-state index in [9.17, 15) is 0 Å². The summed E-state index contributed by atoms with van der Waals surface area (Å²) in [5.74, 6) is 1.03. The molecule has 2 rings (SSSR count). The molecule has 0 aliphatic rings. The fourth-order valence-electron chi connectivity index (χ4n) is 1.88. The number of nitrogens with one attached hydrogen (secondary N) is 1. The minimum atomic E-state index is 0.339. The molecule has 0 saturated carbocycles. The molecule has 1 unspecified atom stereocenters. The highest BCUT2D eigenvalue weighted by molar-refractivity contribution is 9.11. The van der Waals surface area contributed by atoms with Crippen molar-refractivity contribution in [3.05, 3.63) is 44.4 Å². The lowest BCUT2D eigenvalue weighted by molar-refractivity contribution is 0.452. The molecular weight excluding hydrogens is 310 g/mol. The zero-order valence-electron chi connectivity index (χ0n) is 10.7. The van der Waals surface area contributed by atoms with Crippen molar-refractivity contribution in [1.82, 2.24) is 5.32 Å². The second kappa shape index (κ2) is 6.55. The van der Waals surface area contributed by atoms with Gasteiger partial charge in [-0.15, -0.1) is 11.3 Å². The number of furan rings is 1. The van der Waals surface area contributed by atoms with E-state index < -0.39 is 0 Å². The van der Waals surface area contributed by atoms with Gasteiger partial charge in [-0.25, -0.2) is 0 Å². The Morgan fingerprint density at radius 1 is 1.50 bits per heavy atom. The van der Waals surface area contributed by atoms with Crippen molar-refractivity contribution >= 4 is 27.3 Å². The van der Waals surface area contributed by atoms with Gasteiger partial charge in [0.25, 0.3) is 0 Å². The molecule has 2 aromatic heterocycles. The van der Waals surface area contributed by atoms with Gasteiger partial charge in [0.05, 0.1) is 10.0 Å². The van der Waals surface area contributed by atoms with Crippen molar-refractivity contribution in [3.8, 4) is 0 Å². The van der Waals surface area contributed by atoms with E-state index in [0.717, 1.165) is 25.1 Å². The van der Waals surface area contributed by atoms with Crippen LogP contribution >= 0.6 is 27.3 Å². The summed E-state index contributed by atoms with van der Waals surface area (Å²) in [6.07, 6.45) is 3.78. The highest BCUT2D eigenvalue weighted by Gasteiger charge is 2.16. The number of thiophene rings is 1. The SMILES string of the molecule is CCCNC(Cc1ccco1)c1cc(C)c(Br)s1. The van der Waals surface area contributed by atoms with Crippen molar-refractivity contribution in [2.45, 2.75) is 32.7 Å². The Balaban J connectivity index is 2.13. The number of aryl methyl sites for hydroxylation is 1. The van der Waals surface area contributed by atoms with Gasteiger partial charge in [-0.05, 0) is 59.6 Å². The van der Waals surface area contributed by atoms with Crippen LogP contribution in [0.25, 0.3) is 0 Å². The number of rotatable bonds is 6. The van der Waals surface area contributed by atoms with Crippen LogP contribution in [0.2, 0.25) is 0 Å². The van der Waals surface area contributed by atoms with Crippen LogP contribution in [0.15, 0.2) is 32.7 Å². The standard InChI is InChI=1S/C14H18BrNOS/c1-3-6-16-12(9-11-5-4-7-17-11)13-8-10(2)14(15)18-13/h4-5,7-8,12,16H,3,6,9H2,1-2H3. The summed E-state index contributed by atoms with van der Waals surface area (Å²) in [6.45, 7) is 5.35. The molecule has 0 saturated heterocycles. The fraction of sp³-hybridized carbons (Fsp3) is 0.429. The molecule has 2 heterocycles. The predicted octanol–water partition coefficient (Wildman–Crippen LogP) is 4.70. The molecule has 18 heavy (non-hydrogen) atoms. The number of halogens is 1. The van der Waals surface area contributed by atoms with E-state index in [0.29, 0.717) is 6.04 Å². The molecule has 0 spiro atoms. The molecule has 0 amide bonds. The second-order valence-electron chi connectivity index (χ2n) is 4.40. The number of hydrogen-bond donors (Lipinski definition) is 1. The van der Waals surface area contributed by atoms with Gasteiger partial charge < -0.3 is 9.73 Å². The first-order chi connectivity index (χ1) is 8.70. The van der Waals surface area contributed by atoms with Gasteiger partial charge in [0.2, 0.25) is 0 Å². The summed E-state index contributed by atoms with van der Waals surface area (Å²) < 4.78 is 6.68. The fourth-order valence-corrected chi connectivity index (χ4v) is 3.52. The molecule has 2 nitrogen and oxygen atoms in total. The van der Waals surface area contributed by atoms with Crippen LogP contribution < -0.4 is 5.32 Å². The summed E-state index contributed by atoms with van der Waals surface area (Å²) >= 11 is 5.41. The Labute approximate surface area is 121 Å². The third-order valence-corrected chi connectivity index (χ3v) is 5.10. The van der Waals surface area contributed by atoms with Gasteiger partial charge in [-0.1, -0.05) is 6.92 Å². The molecule has 0 radical (unpaired) electrons. The normalized spacial score (nSPS) is 12.8. The largest absolute Gasteiger partial charge is 0.469 e. The molecule has 0 bridgehead atoms. The topological polar surface area (TPSA) is 25.2 Å². The lowest BCUT2D eigenvalue weighted by atomic mass is 10.1. The molecular formula is C14H18BrNOS. The first-order valence-corrected chi connectivity index (χ1v) is 7.83. The van der Waals surface area contributed by atoms with Crippen LogP contribution in [0, 0.1) is 6.92 Å². The third-order valence-electron chi connectivity index (χ3n) is 2.85. The quantitative estimate of drug-likeness (QED) is 0.832. The maximum absolute atomic E-state index is 5.46. The van der Waals surface area contributed by atoms with E-state index in [1.54, 1.807) is 6.26 Å². The van der Waals surface area contributed by atoms with Crippen molar-refractivity contribution in [2.75, 3.05) is 6.54 Å². The molecule has 1 N–H and O–H groups in total. The summed E-state index contributed by atoms with van der Waals surface area (Å²) in [5, 5.41) is 3.59. The Bertz CT molecular complexity index is 458. The average molecular weight is 328 g/mol. The lowest BCUT2D eigenvalue weighted by Gasteiger charge is -2.15. The average Bonchev–Trinajstić information content (AvgIpc) is 2.96. The Morgan fingerprint density at radius 2 is 2.33 bits per heavy atom. The minimum Gasteiger partial charge on any atom is -0.469 e.